The Morgan fingerprint density at radius 1 is 1.08 bits per heavy atom. The molecule has 25 heavy (non-hydrogen) atoms. The molecule has 4 aromatic rings. The number of hydrogen-bond acceptors (Lipinski definition) is 6. The third kappa shape index (κ3) is 2.76. The molecule has 7 heteroatoms. The van der Waals surface area contributed by atoms with Crippen LogP contribution in [0.4, 0.5) is 5.82 Å². The molecule has 7 nitrogen and oxygen atoms in total. The highest BCUT2D eigenvalue weighted by Gasteiger charge is 2.15. The first-order valence-corrected chi connectivity index (χ1v) is 7.77. The van der Waals surface area contributed by atoms with Gasteiger partial charge in [-0.2, -0.15) is 0 Å². The summed E-state index contributed by atoms with van der Waals surface area (Å²) in [4.78, 5) is 19.6. The Balaban J connectivity index is 1.66. The van der Waals surface area contributed by atoms with Crippen molar-refractivity contribution in [2.75, 3.05) is 12.4 Å². The summed E-state index contributed by atoms with van der Waals surface area (Å²) >= 11 is 0. The summed E-state index contributed by atoms with van der Waals surface area (Å²) in [5, 5.41) is 12.9. The van der Waals surface area contributed by atoms with Gasteiger partial charge in [-0.25, -0.2) is 9.78 Å². The van der Waals surface area contributed by atoms with Gasteiger partial charge in [0.25, 0.3) is 0 Å². The zero-order chi connectivity index (χ0) is 17.2. The van der Waals surface area contributed by atoms with Crippen molar-refractivity contribution < 1.29 is 9.53 Å². The number of benzene rings is 2. The molecule has 0 aliphatic carbocycles. The number of aromatic nitrogens is 4. The fraction of sp³-hybridized carbons (Fsp3) is 0.111. The second kappa shape index (κ2) is 6.20. The van der Waals surface area contributed by atoms with E-state index in [2.05, 4.69) is 25.5 Å². The van der Waals surface area contributed by atoms with Crippen molar-refractivity contribution in [3.05, 3.63) is 60.0 Å². The Hall–Kier alpha value is -3.48. The van der Waals surface area contributed by atoms with E-state index in [-0.39, 0.29) is 5.69 Å². The second-order valence-corrected chi connectivity index (χ2v) is 5.49. The normalized spacial score (nSPS) is 10.9. The third-order valence-electron chi connectivity index (χ3n) is 3.93. The first kappa shape index (κ1) is 15.1. The first-order valence-electron chi connectivity index (χ1n) is 7.77. The topological polar surface area (TPSA) is 92.8 Å². The summed E-state index contributed by atoms with van der Waals surface area (Å²) in [6.45, 7) is 0.463. The van der Waals surface area contributed by atoms with Gasteiger partial charge in [0.2, 0.25) is 0 Å². The largest absolute Gasteiger partial charge is 0.464 e. The van der Waals surface area contributed by atoms with Crippen molar-refractivity contribution in [3.8, 4) is 0 Å². The fourth-order valence-corrected chi connectivity index (χ4v) is 2.74. The van der Waals surface area contributed by atoms with E-state index in [1.807, 2.05) is 48.5 Å². The second-order valence-electron chi connectivity index (χ2n) is 5.49. The Morgan fingerprint density at radius 3 is 2.64 bits per heavy atom. The van der Waals surface area contributed by atoms with E-state index in [0.717, 1.165) is 22.2 Å². The van der Waals surface area contributed by atoms with Crippen LogP contribution in [0.5, 0.6) is 0 Å². The molecule has 4 rings (SSSR count). The summed E-state index contributed by atoms with van der Waals surface area (Å²) < 4.78 is 4.77. The predicted molar refractivity (Wildman–Crippen MR) is 94.3 cm³/mol. The van der Waals surface area contributed by atoms with Gasteiger partial charge in [-0.05, 0) is 12.1 Å². The lowest BCUT2D eigenvalue weighted by Crippen LogP contribution is -2.10. The highest BCUT2D eigenvalue weighted by molar-refractivity contribution is 6.05. The molecule has 0 bridgehead atoms. The number of ether oxygens (including phenoxy) is 1. The molecule has 2 aromatic heterocycles. The minimum absolute atomic E-state index is 0.201. The summed E-state index contributed by atoms with van der Waals surface area (Å²) in [6.07, 6.45) is 0. The molecule has 0 saturated heterocycles. The standard InChI is InChI=1S/C18H15N5O2/c1-25-18(24)16-11-6-2-3-7-12(11)17(23-22-16)19-10-15-20-13-8-4-5-9-14(13)21-15/h2-9H,10H2,1H3,(H,19,23)(H,20,21). The monoisotopic (exact) mass is 333 g/mol. The average molecular weight is 333 g/mol. The number of anilines is 1. The number of fused-ring (bicyclic) bond motifs is 2. The van der Waals surface area contributed by atoms with Crippen molar-refractivity contribution >= 4 is 33.6 Å². The SMILES string of the molecule is COC(=O)c1nnc(NCc2nc3ccccc3[nH]2)c2ccccc12. The zero-order valence-electron chi connectivity index (χ0n) is 13.5. The van der Waals surface area contributed by atoms with Gasteiger partial charge in [0.1, 0.15) is 5.82 Å². The molecule has 0 fully saturated rings. The molecule has 0 spiro atoms. The number of para-hydroxylation sites is 2. The highest BCUT2D eigenvalue weighted by Crippen LogP contribution is 2.23. The quantitative estimate of drug-likeness (QED) is 0.558. The van der Waals surface area contributed by atoms with Crippen LogP contribution < -0.4 is 5.32 Å². The van der Waals surface area contributed by atoms with Crippen molar-refractivity contribution in [3.63, 3.8) is 0 Å². The molecule has 0 unspecified atom stereocenters. The summed E-state index contributed by atoms with van der Waals surface area (Å²) in [5.41, 5.74) is 2.10. The van der Waals surface area contributed by atoms with E-state index in [4.69, 9.17) is 4.74 Å². The number of nitrogens with zero attached hydrogens (tertiary/aromatic N) is 3. The van der Waals surface area contributed by atoms with Crippen molar-refractivity contribution in [1.82, 2.24) is 20.2 Å². The van der Waals surface area contributed by atoms with Gasteiger partial charge < -0.3 is 15.0 Å². The van der Waals surface area contributed by atoms with Gasteiger partial charge in [-0.1, -0.05) is 36.4 Å². The molecule has 0 aliphatic heterocycles. The first-order chi connectivity index (χ1) is 12.3. The van der Waals surface area contributed by atoms with Crippen LogP contribution in [-0.4, -0.2) is 33.2 Å². The molecule has 0 saturated carbocycles. The van der Waals surface area contributed by atoms with E-state index >= 15 is 0 Å². The van der Waals surface area contributed by atoms with Crippen molar-refractivity contribution in [2.45, 2.75) is 6.54 Å². The predicted octanol–water partition coefficient (Wildman–Crippen LogP) is 2.90. The molecule has 0 amide bonds. The van der Waals surface area contributed by atoms with Crippen LogP contribution in [0.25, 0.3) is 21.8 Å². The van der Waals surface area contributed by atoms with E-state index in [9.17, 15) is 4.79 Å². The lowest BCUT2D eigenvalue weighted by molar-refractivity contribution is 0.0595. The van der Waals surface area contributed by atoms with Gasteiger partial charge >= 0.3 is 5.97 Å². The van der Waals surface area contributed by atoms with Crippen LogP contribution >= 0.6 is 0 Å². The molecule has 2 heterocycles. The number of nitrogens with one attached hydrogen (secondary N) is 2. The van der Waals surface area contributed by atoms with Crippen LogP contribution in [0.3, 0.4) is 0 Å². The highest BCUT2D eigenvalue weighted by atomic mass is 16.5. The Kier molecular flexibility index (Phi) is 3.74. The Morgan fingerprint density at radius 2 is 1.84 bits per heavy atom. The summed E-state index contributed by atoms with van der Waals surface area (Å²) in [5.74, 6) is 0.875. The maximum atomic E-state index is 11.9. The maximum Gasteiger partial charge on any atom is 0.359 e. The van der Waals surface area contributed by atoms with E-state index in [1.54, 1.807) is 0 Å². The minimum atomic E-state index is -0.507. The fourth-order valence-electron chi connectivity index (χ4n) is 2.74. The van der Waals surface area contributed by atoms with Crippen LogP contribution in [0.2, 0.25) is 0 Å². The van der Waals surface area contributed by atoms with Gasteiger partial charge in [-0.3, -0.25) is 0 Å². The number of imidazole rings is 1. The van der Waals surface area contributed by atoms with Crippen LogP contribution in [0.1, 0.15) is 16.3 Å². The number of esters is 1. The van der Waals surface area contributed by atoms with Crippen LogP contribution in [0.15, 0.2) is 48.5 Å². The van der Waals surface area contributed by atoms with Crippen LogP contribution in [-0.2, 0) is 11.3 Å². The molecule has 124 valence electrons. The van der Waals surface area contributed by atoms with E-state index in [0.29, 0.717) is 17.7 Å². The maximum absolute atomic E-state index is 11.9. The lowest BCUT2D eigenvalue weighted by Gasteiger charge is -2.09. The molecule has 0 atom stereocenters. The lowest BCUT2D eigenvalue weighted by atomic mass is 10.1. The number of carbonyl (C=O) groups is 1. The number of hydrogen-bond donors (Lipinski definition) is 2. The van der Waals surface area contributed by atoms with E-state index in [1.165, 1.54) is 7.11 Å². The number of aromatic amines is 1. The molecule has 2 aromatic carbocycles. The number of rotatable bonds is 4. The van der Waals surface area contributed by atoms with Gasteiger partial charge in [0, 0.05) is 10.8 Å². The number of carbonyl (C=O) groups excluding carboxylic acids is 1. The van der Waals surface area contributed by atoms with Crippen molar-refractivity contribution in [1.29, 1.82) is 0 Å². The zero-order valence-corrected chi connectivity index (χ0v) is 13.5. The van der Waals surface area contributed by atoms with Crippen molar-refractivity contribution in [2.24, 2.45) is 0 Å². The molecule has 2 N–H and O–H groups in total. The molecule has 0 aliphatic rings. The Labute approximate surface area is 143 Å². The minimum Gasteiger partial charge on any atom is -0.464 e. The summed E-state index contributed by atoms with van der Waals surface area (Å²) in [7, 11) is 1.33. The Bertz CT molecular complexity index is 1040. The molecular formula is C18H15N5O2. The average Bonchev–Trinajstić information content (AvgIpc) is 3.08. The smallest absolute Gasteiger partial charge is 0.359 e. The number of methoxy groups -OCH3 is 1. The summed E-state index contributed by atoms with van der Waals surface area (Å²) in [6, 6.07) is 15.3. The van der Waals surface area contributed by atoms with E-state index < -0.39 is 5.97 Å². The van der Waals surface area contributed by atoms with Crippen LogP contribution in [0, 0.1) is 0 Å². The van der Waals surface area contributed by atoms with Gasteiger partial charge in [0.05, 0.1) is 24.7 Å². The molecule has 0 radical (unpaired) electrons. The van der Waals surface area contributed by atoms with Gasteiger partial charge in [0.15, 0.2) is 11.5 Å². The molecular weight excluding hydrogens is 318 g/mol. The third-order valence-corrected chi connectivity index (χ3v) is 3.93. The number of H-pyrrole nitrogens is 1. The van der Waals surface area contributed by atoms with Gasteiger partial charge in [-0.15, -0.1) is 10.2 Å².